The lowest BCUT2D eigenvalue weighted by atomic mass is 10.1. The number of hydrogen-bond donors (Lipinski definition) is 1. The highest BCUT2D eigenvalue weighted by Crippen LogP contribution is 2.18. The Balaban J connectivity index is 2.04. The van der Waals surface area contributed by atoms with Gasteiger partial charge in [-0.1, -0.05) is 12.1 Å². The highest BCUT2D eigenvalue weighted by atomic mass is 16.5. The minimum Gasteiger partial charge on any atom is -0.465 e. The van der Waals surface area contributed by atoms with Gasteiger partial charge in [-0.3, -0.25) is 9.59 Å². The SMILES string of the molecule is COC(=O)c1ccc(C=O)c(NC(=O)CCc2ccc(C#N)cc2)c1. The number of nitriles is 1. The molecule has 0 heterocycles. The van der Waals surface area contributed by atoms with E-state index in [4.69, 9.17) is 5.26 Å². The molecule has 25 heavy (non-hydrogen) atoms. The van der Waals surface area contributed by atoms with Crippen LogP contribution in [0.2, 0.25) is 0 Å². The Morgan fingerprint density at radius 1 is 1.20 bits per heavy atom. The van der Waals surface area contributed by atoms with E-state index in [1.165, 1.54) is 25.3 Å². The maximum Gasteiger partial charge on any atom is 0.337 e. The summed E-state index contributed by atoms with van der Waals surface area (Å²) < 4.78 is 4.63. The van der Waals surface area contributed by atoms with Crippen molar-refractivity contribution in [2.45, 2.75) is 12.8 Å². The van der Waals surface area contributed by atoms with Crippen molar-refractivity contribution in [3.8, 4) is 6.07 Å². The van der Waals surface area contributed by atoms with Crippen molar-refractivity contribution in [1.29, 1.82) is 5.26 Å². The summed E-state index contributed by atoms with van der Waals surface area (Å²) in [6.45, 7) is 0. The Morgan fingerprint density at radius 2 is 1.92 bits per heavy atom. The molecule has 0 radical (unpaired) electrons. The molecule has 2 aromatic carbocycles. The van der Waals surface area contributed by atoms with Gasteiger partial charge in [0.1, 0.15) is 0 Å². The predicted octanol–water partition coefficient (Wildman–Crippen LogP) is 2.73. The van der Waals surface area contributed by atoms with Crippen molar-refractivity contribution in [2.75, 3.05) is 12.4 Å². The van der Waals surface area contributed by atoms with Crippen molar-refractivity contribution in [1.82, 2.24) is 0 Å². The van der Waals surface area contributed by atoms with Gasteiger partial charge in [-0.25, -0.2) is 4.79 Å². The normalized spacial score (nSPS) is 9.76. The topological polar surface area (TPSA) is 96.3 Å². The lowest BCUT2D eigenvalue weighted by Gasteiger charge is -2.09. The number of aldehydes is 1. The first kappa shape index (κ1) is 17.9. The molecule has 1 amide bonds. The second-order valence-corrected chi connectivity index (χ2v) is 5.27. The number of rotatable bonds is 6. The van der Waals surface area contributed by atoms with Crippen LogP contribution < -0.4 is 5.32 Å². The van der Waals surface area contributed by atoms with E-state index in [2.05, 4.69) is 10.1 Å². The average molecular weight is 336 g/mol. The molecule has 0 bridgehead atoms. The third-order valence-corrected chi connectivity index (χ3v) is 3.60. The van der Waals surface area contributed by atoms with E-state index in [0.29, 0.717) is 18.3 Å². The van der Waals surface area contributed by atoms with Crippen LogP contribution in [0.1, 0.15) is 38.3 Å². The molecule has 0 saturated heterocycles. The Morgan fingerprint density at radius 3 is 2.52 bits per heavy atom. The summed E-state index contributed by atoms with van der Waals surface area (Å²) in [7, 11) is 1.26. The summed E-state index contributed by atoms with van der Waals surface area (Å²) in [4.78, 5) is 34.8. The first-order valence-electron chi connectivity index (χ1n) is 7.54. The Labute approximate surface area is 145 Å². The first-order valence-corrected chi connectivity index (χ1v) is 7.54. The zero-order valence-corrected chi connectivity index (χ0v) is 13.6. The van der Waals surface area contributed by atoms with Gasteiger partial charge in [-0.15, -0.1) is 0 Å². The molecule has 0 spiro atoms. The number of benzene rings is 2. The number of carbonyl (C=O) groups excluding carboxylic acids is 3. The number of nitrogens with zero attached hydrogens (tertiary/aromatic N) is 1. The van der Waals surface area contributed by atoms with E-state index >= 15 is 0 Å². The van der Waals surface area contributed by atoms with Crippen LogP contribution in [0.5, 0.6) is 0 Å². The van der Waals surface area contributed by atoms with Crippen molar-refractivity contribution < 1.29 is 19.1 Å². The monoisotopic (exact) mass is 336 g/mol. The molecule has 6 nitrogen and oxygen atoms in total. The van der Waals surface area contributed by atoms with Gasteiger partial charge in [0.15, 0.2) is 6.29 Å². The summed E-state index contributed by atoms with van der Waals surface area (Å²) >= 11 is 0. The van der Waals surface area contributed by atoms with Crippen LogP contribution in [0.4, 0.5) is 5.69 Å². The largest absolute Gasteiger partial charge is 0.465 e. The molecule has 126 valence electrons. The second-order valence-electron chi connectivity index (χ2n) is 5.27. The maximum atomic E-state index is 12.1. The fourth-order valence-corrected chi connectivity index (χ4v) is 2.23. The zero-order valence-electron chi connectivity index (χ0n) is 13.6. The number of methoxy groups -OCH3 is 1. The van der Waals surface area contributed by atoms with Crippen molar-refractivity contribution >= 4 is 23.9 Å². The van der Waals surface area contributed by atoms with Crippen molar-refractivity contribution in [3.63, 3.8) is 0 Å². The first-order chi connectivity index (χ1) is 12.1. The average Bonchev–Trinajstić information content (AvgIpc) is 2.66. The van der Waals surface area contributed by atoms with Gasteiger partial charge < -0.3 is 10.1 Å². The molecule has 2 aromatic rings. The number of aryl methyl sites for hydroxylation is 1. The zero-order chi connectivity index (χ0) is 18.2. The molecule has 0 aromatic heterocycles. The van der Waals surface area contributed by atoms with Crippen molar-refractivity contribution in [3.05, 3.63) is 64.7 Å². The predicted molar refractivity (Wildman–Crippen MR) is 91.3 cm³/mol. The van der Waals surface area contributed by atoms with E-state index in [9.17, 15) is 14.4 Å². The highest BCUT2D eigenvalue weighted by Gasteiger charge is 2.12. The number of anilines is 1. The molecular formula is C19H16N2O4. The summed E-state index contributed by atoms with van der Waals surface area (Å²) in [5, 5.41) is 11.4. The van der Waals surface area contributed by atoms with E-state index < -0.39 is 5.97 Å². The number of ether oxygens (including phenoxy) is 1. The van der Waals surface area contributed by atoms with E-state index in [1.807, 2.05) is 6.07 Å². The summed E-state index contributed by atoms with van der Waals surface area (Å²) in [6.07, 6.45) is 1.30. The van der Waals surface area contributed by atoms with E-state index in [0.717, 1.165) is 5.56 Å². The second kappa shape index (κ2) is 8.41. The maximum absolute atomic E-state index is 12.1. The molecule has 0 saturated carbocycles. The third kappa shape index (κ3) is 4.75. The Hall–Kier alpha value is -3.46. The molecule has 6 heteroatoms. The molecule has 1 N–H and O–H groups in total. The van der Waals surface area contributed by atoms with Gasteiger partial charge in [-0.05, 0) is 42.3 Å². The van der Waals surface area contributed by atoms with Crippen LogP contribution in [-0.2, 0) is 16.0 Å². The number of nitrogens with one attached hydrogen (secondary N) is 1. The third-order valence-electron chi connectivity index (χ3n) is 3.60. The summed E-state index contributed by atoms with van der Waals surface area (Å²) in [6, 6.07) is 13.3. The number of hydrogen-bond acceptors (Lipinski definition) is 5. The lowest BCUT2D eigenvalue weighted by Crippen LogP contribution is -2.14. The van der Waals surface area contributed by atoms with E-state index in [1.54, 1.807) is 24.3 Å². The minimum absolute atomic E-state index is 0.201. The molecule has 0 atom stereocenters. The molecular weight excluding hydrogens is 320 g/mol. The molecule has 0 fully saturated rings. The number of carbonyl (C=O) groups is 3. The summed E-state index contributed by atoms with van der Waals surface area (Å²) in [5.74, 6) is -0.833. The molecule has 0 unspecified atom stereocenters. The van der Waals surface area contributed by atoms with Gasteiger partial charge >= 0.3 is 5.97 Å². The van der Waals surface area contributed by atoms with Crippen molar-refractivity contribution in [2.24, 2.45) is 0 Å². The number of esters is 1. The van der Waals surface area contributed by atoms with Crippen LogP contribution in [-0.4, -0.2) is 25.3 Å². The minimum atomic E-state index is -0.550. The molecule has 2 rings (SSSR count). The van der Waals surface area contributed by atoms with E-state index in [-0.39, 0.29) is 29.1 Å². The smallest absolute Gasteiger partial charge is 0.337 e. The quantitative estimate of drug-likeness (QED) is 0.646. The van der Waals surface area contributed by atoms with Crippen LogP contribution in [0.25, 0.3) is 0 Å². The van der Waals surface area contributed by atoms with Crippen LogP contribution in [0.15, 0.2) is 42.5 Å². The van der Waals surface area contributed by atoms with Gasteiger partial charge in [-0.2, -0.15) is 5.26 Å². The fourth-order valence-electron chi connectivity index (χ4n) is 2.23. The van der Waals surface area contributed by atoms with Crippen LogP contribution in [0.3, 0.4) is 0 Å². The molecule has 0 aliphatic heterocycles. The van der Waals surface area contributed by atoms with Crippen LogP contribution in [0, 0.1) is 11.3 Å². The van der Waals surface area contributed by atoms with Gasteiger partial charge in [0, 0.05) is 12.0 Å². The Bertz CT molecular complexity index is 835. The Kier molecular flexibility index (Phi) is 6.02. The number of amides is 1. The summed E-state index contributed by atoms with van der Waals surface area (Å²) in [5.41, 5.74) is 2.27. The highest BCUT2D eigenvalue weighted by molar-refractivity contribution is 5.99. The molecule has 0 aliphatic carbocycles. The lowest BCUT2D eigenvalue weighted by molar-refractivity contribution is -0.116. The fraction of sp³-hybridized carbons (Fsp3) is 0.158. The van der Waals surface area contributed by atoms with Gasteiger partial charge in [0.25, 0.3) is 0 Å². The van der Waals surface area contributed by atoms with Gasteiger partial charge in [0.05, 0.1) is 30.0 Å². The van der Waals surface area contributed by atoms with Crippen LogP contribution >= 0.6 is 0 Å². The standard InChI is InChI=1S/C19H16N2O4/c1-25-19(24)15-7-8-16(12-22)17(10-15)21-18(23)9-6-13-2-4-14(11-20)5-3-13/h2-5,7-8,10,12H,6,9H2,1H3,(H,21,23). The molecule has 0 aliphatic rings. The van der Waals surface area contributed by atoms with Gasteiger partial charge in [0.2, 0.25) is 5.91 Å².